The lowest BCUT2D eigenvalue weighted by molar-refractivity contribution is 0.0701. The van der Waals surface area contributed by atoms with Crippen molar-refractivity contribution in [3.8, 4) is 0 Å². The summed E-state index contributed by atoms with van der Waals surface area (Å²) >= 11 is 0. The molecule has 1 aliphatic carbocycles. The molecule has 8 heteroatoms. The Bertz CT molecular complexity index is 967. The molecule has 0 unspecified atom stereocenters. The molecule has 0 aliphatic heterocycles. The van der Waals surface area contributed by atoms with Gasteiger partial charge in [-0.2, -0.15) is 0 Å². The molecule has 1 saturated carbocycles. The summed E-state index contributed by atoms with van der Waals surface area (Å²) in [5.74, 6) is -1.26. The molecule has 0 N–H and O–H groups in total. The van der Waals surface area contributed by atoms with E-state index in [0.717, 1.165) is 18.5 Å². The van der Waals surface area contributed by atoms with Crippen molar-refractivity contribution >= 4 is 5.91 Å². The van der Waals surface area contributed by atoms with Crippen molar-refractivity contribution < 1.29 is 13.6 Å². The molecule has 28 heavy (non-hydrogen) atoms. The third-order valence-electron chi connectivity index (χ3n) is 4.94. The summed E-state index contributed by atoms with van der Waals surface area (Å²) in [4.78, 5) is 18.9. The topological polar surface area (TPSA) is 63.9 Å². The van der Waals surface area contributed by atoms with Crippen molar-refractivity contribution in [3.05, 3.63) is 77.4 Å². The van der Waals surface area contributed by atoms with Crippen LogP contribution in [0.15, 0.2) is 48.8 Å². The van der Waals surface area contributed by atoms with Crippen LogP contribution in [0, 0.1) is 17.6 Å². The van der Waals surface area contributed by atoms with E-state index in [2.05, 4.69) is 15.3 Å². The zero-order valence-corrected chi connectivity index (χ0v) is 15.3. The molecular weight excluding hydrogens is 364 g/mol. The van der Waals surface area contributed by atoms with Crippen molar-refractivity contribution in [1.82, 2.24) is 24.9 Å². The molecule has 0 spiro atoms. The van der Waals surface area contributed by atoms with Crippen LogP contribution in [0.2, 0.25) is 0 Å². The molecule has 1 aliphatic rings. The molecule has 0 saturated heterocycles. The Morgan fingerprint density at radius 2 is 1.96 bits per heavy atom. The minimum atomic E-state index is -0.663. The molecule has 0 radical (unpaired) electrons. The summed E-state index contributed by atoms with van der Waals surface area (Å²) in [5.41, 5.74) is 0.839. The molecule has 2 heterocycles. The molecule has 1 atom stereocenters. The van der Waals surface area contributed by atoms with Gasteiger partial charge in [0.25, 0.3) is 5.91 Å². The Morgan fingerprint density at radius 3 is 2.61 bits per heavy atom. The maximum Gasteiger partial charge on any atom is 0.276 e. The van der Waals surface area contributed by atoms with Crippen LogP contribution in [0.4, 0.5) is 8.78 Å². The van der Waals surface area contributed by atoms with E-state index in [1.54, 1.807) is 18.1 Å². The average molecular weight is 383 g/mol. The van der Waals surface area contributed by atoms with Gasteiger partial charge in [0, 0.05) is 18.8 Å². The van der Waals surface area contributed by atoms with Gasteiger partial charge in [0.05, 0.1) is 24.5 Å². The van der Waals surface area contributed by atoms with Crippen LogP contribution in [0.25, 0.3) is 0 Å². The summed E-state index contributed by atoms with van der Waals surface area (Å²) < 4.78 is 28.9. The Kier molecular flexibility index (Phi) is 4.85. The second-order valence-electron chi connectivity index (χ2n) is 6.95. The van der Waals surface area contributed by atoms with Gasteiger partial charge >= 0.3 is 0 Å². The molecule has 0 bridgehead atoms. The highest BCUT2D eigenvalue weighted by Gasteiger charge is 2.38. The second-order valence-corrected chi connectivity index (χ2v) is 6.95. The van der Waals surface area contributed by atoms with E-state index in [4.69, 9.17) is 0 Å². The number of carbonyl (C=O) groups excluding carboxylic acids is 1. The zero-order valence-electron chi connectivity index (χ0n) is 15.3. The molecule has 2 aromatic heterocycles. The van der Waals surface area contributed by atoms with Crippen LogP contribution in [0.3, 0.4) is 0 Å². The SMILES string of the molecule is CN(C(=O)c1cn(Cc2c(F)cccc2F)nn1)[C@@H](c1ccccn1)C1CC1. The van der Waals surface area contributed by atoms with E-state index < -0.39 is 11.6 Å². The highest BCUT2D eigenvalue weighted by Crippen LogP contribution is 2.43. The lowest BCUT2D eigenvalue weighted by atomic mass is 10.1. The normalized spacial score (nSPS) is 14.7. The van der Waals surface area contributed by atoms with Crippen molar-refractivity contribution in [3.63, 3.8) is 0 Å². The summed E-state index contributed by atoms with van der Waals surface area (Å²) in [7, 11) is 1.72. The van der Waals surface area contributed by atoms with Gasteiger partial charge in [-0.25, -0.2) is 13.5 Å². The van der Waals surface area contributed by atoms with Crippen molar-refractivity contribution in [2.75, 3.05) is 7.05 Å². The summed E-state index contributed by atoms with van der Waals surface area (Å²) in [6.45, 7) is -0.144. The van der Waals surface area contributed by atoms with E-state index in [0.29, 0.717) is 5.92 Å². The number of halogens is 2. The monoisotopic (exact) mass is 383 g/mol. The fourth-order valence-corrected chi connectivity index (χ4v) is 3.35. The predicted molar refractivity (Wildman–Crippen MR) is 97.3 cm³/mol. The number of pyridine rings is 1. The number of hydrogen-bond acceptors (Lipinski definition) is 4. The first kappa shape index (κ1) is 18.2. The van der Waals surface area contributed by atoms with Gasteiger partial charge in [-0.15, -0.1) is 5.10 Å². The van der Waals surface area contributed by atoms with Crippen molar-refractivity contribution in [1.29, 1.82) is 0 Å². The maximum atomic E-state index is 13.8. The van der Waals surface area contributed by atoms with Gasteiger partial charge < -0.3 is 4.90 Å². The number of amides is 1. The number of benzene rings is 1. The Morgan fingerprint density at radius 1 is 1.21 bits per heavy atom. The van der Waals surface area contributed by atoms with Gasteiger partial charge in [0.15, 0.2) is 5.69 Å². The Balaban J connectivity index is 1.54. The van der Waals surface area contributed by atoms with E-state index >= 15 is 0 Å². The largest absolute Gasteiger partial charge is 0.331 e. The quantitative estimate of drug-likeness (QED) is 0.656. The molecule has 1 fully saturated rings. The molecule has 4 rings (SSSR count). The van der Waals surface area contributed by atoms with Gasteiger partial charge in [-0.05, 0) is 43.0 Å². The first-order chi connectivity index (χ1) is 13.5. The van der Waals surface area contributed by atoms with Gasteiger partial charge in [0.2, 0.25) is 0 Å². The van der Waals surface area contributed by atoms with E-state index in [1.807, 2.05) is 18.2 Å². The summed E-state index contributed by atoms with van der Waals surface area (Å²) in [6, 6.07) is 9.17. The van der Waals surface area contributed by atoms with E-state index in [1.165, 1.54) is 29.1 Å². The average Bonchev–Trinajstić information content (AvgIpc) is 3.42. The number of aromatic nitrogens is 4. The first-order valence-corrected chi connectivity index (χ1v) is 9.05. The van der Waals surface area contributed by atoms with Crippen LogP contribution in [-0.2, 0) is 6.54 Å². The van der Waals surface area contributed by atoms with Crippen molar-refractivity contribution in [2.24, 2.45) is 5.92 Å². The van der Waals surface area contributed by atoms with Crippen LogP contribution >= 0.6 is 0 Å². The second kappa shape index (κ2) is 7.46. The van der Waals surface area contributed by atoms with Gasteiger partial charge in [-0.3, -0.25) is 9.78 Å². The highest BCUT2D eigenvalue weighted by molar-refractivity contribution is 5.92. The fourth-order valence-electron chi connectivity index (χ4n) is 3.35. The summed E-state index contributed by atoms with van der Waals surface area (Å²) in [5, 5.41) is 7.76. The number of rotatable bonds is 6. The lowest BCUT2D eigenvalue weighted by Gasteiger charge is -2.27. The van der Waals surface area contributed by atoms with Gasteiger partial charge in [-0.1, -0.05) is 17.3 Å². The van der Waals surface area contributed by atoms with Gasteiger partial charge in [0.1, 0.15) is 11.6 Å². The fraction of sp³-hybridized carbons (Fsp3) is 0.300. The minimum Gasteiger partial charge on any atom is -0.331 e. The van der Waals surface area contributed by atoms with Crippen LogP contribution in [-0.4, -0.2) is 37.8 Å². The molecule has 3 aromatic rings. The number of hydrogen-bond donors (Lipinski definition) is 0. The molecule has 6 nitrogen and oxygen atoms in total. The Labute approximate surface area is 160 Å². The van der Waals surface area contributed by atoms with E-state index in [-0.39, 0.29) is 29.8 Å². The van der Waals surface area contributed by atoms with Crippen LogP contribution < -0.4 is 0 Å². The molecular formula is C20H19F2N5O. The molecule has 1 amide bonds. The maximum absolute atomic E-state index is 13.8. The third-order valence-corrected chi connectivity index (χ3v) is 4.94. The predicted octanol–water partition coefficient (Wildman–Crippen LogP) is 3.22. The zero-order chi connectivity index (χ0) is 19.7. The summed E-state index contributed by atoms with van der Waals surface area (Å²) in [6.07, 6.45) is 5.20. The van der Waals surface area contributed by atoms with Crippen LogP contribution in [0.5, 0.6) is 0 Å². The van der Waals surface area contributed by atoms with Crippen molar-refractivity contribution in [2.45, 2.75) is 25.4 Å². The first-order valence-electron chi connectivity index (χ1n) is 9.05. The standard InChI is InChI=1S/C20H19F2N5O/c1-26(19(13-8-9-13)17-7-2-3-10-23-17)20(28)18-12-27(25-24-18)11-14-15(21)5-4-6-16(14)22/h2-7,10,12-13,19H,8-9,11H2,1H3/t19-/m1/s1. The third kappa shape index (κ3) is 3.62. The number of nitrogens with zero attached hydrogens (tertiary/aromatic N) is 5. The lowest BCUT2D eigenvalue weighted by Crippen LogP contribution is -2.33. The highest BCUT2D eigenvalue weighted by atomic mass is 19.1. The minimum absolute atomic E-state index is 0.121. The molecule has 144 valence electrons. The van der Waals surface area contributed by atoms with Crippen LogP contribution in [0.1, 0.15) is 40.6 Å². The van der Waals surface area contributed by atoms with E-state index in [9.17, 15) is 13.6 Å². The number of carbonyl (C=O) groups is 1. The smallest absolute Gasteiger partial charge is 0.276 e. The Hall–Kier alpha value is -3.16. The molecule has 1 aromatic carbocycles.